The lowest BCUT2D eigenvalue weighted by Crippen LogP contribution is -2.20. The summed E-state index contributed by atoms with van der Waals surface area (Å²) in [5.74, 6) is -0.989. The molecule has 90 valence electrons. The second-order valence-corrected chi connectivity index (χ2v) is 4.05. The Balaban J connectivity index is 2.22. The van der Waals surface area contributed by atoms with Crippen LogP contribution in [0.2, 0.25) is 0 Å². The van der Waals surface area contributed by atoms with Crippen molar-refractivity contribution in [2.75, 3.05) is 6.61 Å². The van der Waals surface area contributed by atoms with E-state index in [2.05, 4.69) is 9.72 Å². The van der Waals surface area contributed by atoms with E-state index in [-0.39, 0.29) is 5.56 Å². The second kappa shape index (κ2) is 4.33. The molecule has 17 heavy (non-hydrogen) atoms. The van der Waals surface area contributed by atoms with Gasteiger partial charge in [0.2, 0.25) is 0 Å². The molecule has 0 bridgehead atoms. The molecule has 0 radical (unpaired) electrons. The van der Waals surface area contributed by atoms with Crippen molar-refractivity contribution in [1.82, 2.24) is 4.98 Å². The fourth-order valence-electron chi connectivity index (χ4n) is 1.27. The Morgan fingerprint density at radius 2 is 2.18 bits per heavy atom. The number of benzene rings is 1. The molecule has 0 aliphatic carbocycles. The van der Waals surface area contributed by atoms with Crippen molar-refractivity contribution in [3.8, 4) is 0 Å². The summed E-state index contributed by atoms with van der Waals surface area (Å²) in [5.41, 5.74) is 2.19. The van der Waals surface area contributed by atoms with Gasteiger partial charge in [0.15, 0.2) is 6.61 Å². The molecular formula is C10H6F3NO2S. The van der Waals surface area contributed by atoms with Crippen LogP contribution in [0.1, 0.15) is 10.4 Å². The lowest BCUT2D eigenvalue weighted by atomic mass is 10.2. The number of nitrogens with zero attached hydrogens (tertiary/aromatic N) is 1. The molecule has 0 atom stereocenters. The van der Waals surface area contributed by atoms with Gasteiger partial charge in [-0.15, -0.1) is 11.3 Å². The zero-order valence-electron chi connectivity index (χ0n) is 8.32. The van der Waals surface area contributed by atoms with Crippen LogP contribution in [0.5, 0.6) is 0 Å². The number of esters is 1. The first kappa shape index (κ1) is 11.8. The number of rotatable bonds is 2. The van der Waals surface area contributed by atoms with E-state index in [1.807, 2.05) is 0 Å². The highest BCUT2D eigenvalue weighted by Crippen LogP contribution is 2.23. The molecule has 0 saturated carbocycles. The van der Waals surface area contributed by atoms with Crippen molar-refractivity contribution < 1.29 is 22.7 Å². The Kier molecular flexibility index (Phi) is 3.01. The first-order valence-electron chi connectivity index (χ1n) is 4.53. The van der Waals surface area contributed by atoms with Crippen LogP contribution >= 0.6 is 11.3 Å². The standard InChI is InChI=1S/C10H6F3NO2S/c11-10(12,13)4-16-9(15)6-2-1-3-7-8(6)17-5-14-7/h1-3,5H,4H2. The number of carbonyl (C=O) groups is 1. The summed E-state index contributed by atoms with van der Waals surface area (Å²) in [6, 6.07) is 4.64. The number of carbonyl (C=O) groups excluding carboxylic acids is 1. The van der Waals surface area contributed by atoms with E-state index in [1.165, 1.54) is 22.9 Å². The van der Waals surface area contributed by atoms with Gasteiger partial charge < -0.3 is 4.74 Å². The minimum atomic E-state index is -4.52. The van der Waals surface area contributed by atoms with E-state index in [9.17, 15) is 18.0 Å². The van der Waals surface area contributed by atoms with E-state index in [4.69, 9.17) is 0 Å². The molecule has 1 aromatic carbocycles. The maximum absolute atomic E-state index is 11.9. The van der Waals surface area contributed by atoms with Crippen LogP contribution in [0.4, 0.5) is 13.2 Å². The third kappa shape index (κ3) is 2.73. The molecule has 0 unspecified atom stereocenters. The number of hydrogen-bond donors (Lipinski definition) is 0. The summed E-state index contributed by atoms with van der Waals surface area (Å²) in [6.07, 6.45) is -4.52. The predicted molar refractivity (Wildman–Crippen MR) is 56.0 cm³/mol. The fraction of sp³-hybridized carbons (Fsp3) is 0.200. The molecule has 2 rings (SSSR count). The summed E-state index contributed by atoms with van der Waals surface area (Å²) >= 11 is 1.18. The van der Waals surface area contributed by atoms with Gasteiger partial charge >= 0.3 is 12.1 Å². The highest BCUT2D eigenvalue weighted by Gasteiger charge is 2.30. The molecular weight excluding hydrogens is 255 g/mol. The number of alkyl halides is 3. The van der Waals surface area contributed by atoms with Crippen molar-refractivity contribution in [2.24, 2.45) is 0 Å². The summed E-state index contributed by atoms with van der Waals surface area (Å²) < 4.78 is 40.4. The average Bonchev–Trinajstić information content (AvgIpc) is 2.72. The van der Waals surface area contributed by atoms with Gasteiger partial charge in [-0.05, 0) is 12.1 Å². The summed E-state index contributed by atoms with van der Waals surface area (Å²) in [6.45, 7) is -1.58. The average molecular weight is 261 g/mol. The summed E-state index contributed by atoms with van der Waals surface area (Å²) in [5, 5.41) is 0. The molecule has 0 saturated heterocycles. The zero-order chi connectivity index (χ0) is 12.5. The molecule has 0 aliphatic rings. The molecule has 1 aromatic heterocycles. The van der Waals surface area contributed by atoms with Gasteiger partial charge in [-0.3, -0.25) is 0 Å². The highest BCUT2D eigenvalue weighted by atomic mass is 32.1. The Hall–Kier alpha value is -1.63. The number of aromatic nitrogens is 1. The minimum absolute atomic E-state index is 0.106. The van der Waals surface area contributed by atoms with Crippen LogP contribution < -0.4 is 0 Å². The molecule has 3 nitrogen and oxygen atoms in total. The van der Waals surface area contributed by atoms with Crippen molar-refractivity contribution in [1.29, 1.82) is 0 Å². The summed E-state index contributed by atoms with van der Waals surface area (Å²) in [4.78, 5) is 15.4. The van der Waals surface area contributed by atoms with E-state index >= 15 is 0 Å². The first-order chi connectivity index (χ1) is 7.97. The molecule has 0 aliphatic heterocycles. The molecule has 7 heteroatoms. The van der Waals surface area contributed by atoms with Crippen LogP contribution in [-0.4, -0.2) is 23.7 Å². The van der Waals surface area contributed by atoms with Crippen molar-refractivity contribution in [3.63, 3.8) is 0 Å². The fourth-order valence-corrected chi connectivity index (χ4v) is 2.06. The lowest BCUT2D eigenvalue weighted by molar-refractivity contribution is -0.161. The normalized spacial score (nSPS) is 11.7. The minimum Gasteiger partial charge on any atom is -0.452 e. The number of halogens is 3. The number of ether oxygens (including phenoxy) is 1. The van der Waals surface area contributed by atoms with Crippen LogP contribution in [-0.2, 0) is 4.74 Å². The van der Waals surface area contributed by atoms with Gasteiger partial charge in [0.1, 0.15) is 0 Å². The lowest BCUT2D eigenvalue weighted by Gasteiger charge is -2.07. The Morgan fingerprint density at radius 3 is 2.88 bits per heavy atom. The Labute approximate surface area is 97.8 Å². The maximum atomic E-state index is 11.9. The number of fused-ring (bicyclic) bond motifs is 1. The quantitative estimate of drug-likeness (QED) is 0.780. The van der Waals surface area contributed by atoms with Gasteiger partial charge in [0, 0.05) is 0 Å². The molecule has 1 heterocycles. The summed E-state index contributed by atoms with van der Waals surface area (Å²) in [7, 11) is 0. The maximum Gasteiger partial charge on any atom is 0.422 e. The second-order valence-electron chi connectivity index (χ2n) is 3.20. The van der Waals surface area contributed by atoms with Gasteiger partial charge in [-0.2, -0.15) is 13.2 Å². The van der Waals surface area contributed by atoms with E-state index in [0.29, 0.717) is 10.2 Å². The van der Waals surface area contributed by atoms with Gasteiger partial charge in [-0.25, -0.2) is 9.78 Å². The van der Waals surface area contributed by atoms with Crippen LogP contribution in [0, 0.1) is 0 Å². The monoisotopic (exact) mass is 261 g/mol. The predicted octanol–water partition coefficient (Wildman–Crippen LogP) is 3.02. The van der Waals surface area contributed by atoms with Crippen LogP contribution in [0.25, 0.3) is 10.2 Å². The van der Waals surface area contributed by atoms with Gasteiger partial charge in [0.05, 0.1) is 21.3 Å². The highest BCUT2D eigenvalue weighted by molar-refractivity contribution is 7.17. The molecule has 0 amide bonds. The third-order valence-electron chi connectivity index (χ3n) is 1.94. The molecule has 0 fully saturated rings. The number of thiazole rings is 1. The Bertz CT molecular complexity index is 550. The van der Waals surface area contributed by atoms with E-state index in [1.54, 1.807) is 12.1 Å². The largest absolute Gasteiger partial charge is 0.452 e. The van der Waals surface area contributed by atoms with E-state index in [0.717, 1.165) is 0 Å². The van der Waals surface area contributed by atoms with Crippen LogP contribution in [0.3, 0.4) is 0 Å². The van der Waals surface area contributed by atoms with Crippen molar-refractivity contribution in [2.45, 2.75) is 6.18 Å². The molecule has 0 N–H and O–H groups in total. The molecule has 2 aromatic rings. The molecule has 0 spiro atoms. The van der Waals surface area contributed by atoms with Gasteiger partial charge in [0.25, 0.3) is 0 Å². The third-order valence-corrected chi connectivity index (χ3v) is 2.82. The first-order valence-corrected chi connectivity index (χ1v) is 5.41. The number of hydrogen-bond acceptors (Lipinski definition) is 4. The van der Waals surface area contributed by atoms with Crippen molar-refractivity contribution >= 4 is 27.5 Å². The topological polar surface area (TPSA) is 39.2 Å². The Morgan fingerprint density at radius 1 is 1.41 bits per heavy atom. The SMILES string of the molecule is O=C(OCC(F)(F)F)c1cccc2ncsc12. The van der Waals surface area contributed by atoms with Crippen LogP contribution in [0.15, 0.2) is 23.7 Å². The van der Waals surface area contributed by atoms with E-state index < -0.39 is 18.8 Å². The van der Waals surface area contributed by atoms with Gasteiger partial charge in [-0.1, -0.05) is 6.07 Å². The van der Waals surface area contributed by atoms with Crippen molar-refractivity contribution in [3.05, 3.63) is 29.3 Å². The smallest absolute Gasteiger partial charge is 0.422 e. The zero-order valence-corrected chi connectivity index (χ0v) is 9.14.